The van der Waals surface area contributed by atoms with Gasteiger partial charge in [-0.15, -0.1) is 0 Å². The number of likely N-dealkylation sites (tertiary alicyclic amines) is 1. The zero-order chi connectivity index (χ0) is 13.2. The van der Waals surface area contributed by atoms with Crippen LogP contribution in [0.25, 0.3) is 0 Å². The highest BCUT2D eigenvalue weighted by Gasteiger charge is 2.25. The molecule has 4 nitrogen and oxygen atoms in total. The minimum Gasteiger partial charge on any atom is -0.396 e. The van der Waals surface area contributed by atoms with Crippen LogP contribution in [0.4, 0.5) is 0 Å². The molecule has 3 rings (SSSR count). The number of imidazole rings is 1. The minimum atomic E-state index is 0.263. The summed E-state index contributed by atoms with van der Waals surface area (Å²) in [5, 5.41) is 9.45. The molecule has 0 radical (unpaired) electrons. The van der Waals surface area contributed by atoms with Crippen LogP contribution in [0.3, 0.4) is 0 Å². The molecular formula is C15H25N3O. The van der Waals surface area contributed by atoms with Gasteiger partial charge >= 0.3 is 0 Å². The van der Waals surface area contributed by atoms with Gasteiger partial charge in [-0.25, -0.2) is 4.98 Å². The van der Waals surface area contributed by atoms with E-state index in [2.05, 4.69) is 21.5 Å². The van der Waals surface area contributed by atoms with E-state index in [1.165, 1.54) is 43.9 Å². The quantitative estimate of drug-likeness (QED) is 0.901. The van der Waals surface area contributed by atoms with Crippen LogP contribution in [-0.4, -0.2) is 46.3 Å². The molecule has 1 aromatic rings. The minimum absolute atomic E-state index is 0.263. The second-order valence-electron chi connectivity index (χ2n) is 6.22. The van der Waals surface area contributed by atoms with Crippen molar-refractivity contribution in [1.82, 2.24) is 14.5 Å². The first-order valence-corrected chi connectivity index (χ1v) is 7.61. The Morgan fingerprint density at radius 3 is 2.79 bits per heavy atom. The lowest BCUT2D eigenvalue weighted by Crippen LogP contribution is -2.31. The van der Waals surface area contributed by atoms with E-state index in [1.807, 2.05) is 6.20 Å². The second-order valence-corrected chi connectivity index (χ2v) is 6.22. The van der Waals surface area contributed by atoms with Crippen molar-refractivity contribution in [2.45, 2.75) is 44.6 Å². The lowest BCUT2D eigenvalue weighted by atomic mass is 9.93. The Bertz CT molecular complexity index is 421. The summed E-state index contributed by atoms with van der Waals surface area (Å²) in [7, 11) is 2.21. The molecule has 1 unspecified atom stereocenters. The fourth-order valence-corrected chi connectivity index (χ4v) is 3.53. The average molecular weight is 263 g/mol. The molecule has 1 N–H and O–H groups in total. The molecule has 0 aromatic carbocycles. The first-order valence-electron chi connectivity index (χ1n) is 7.61. The number of nitrogens with zero attached hydrogens (tertiary/aromatic N) is 3. The van der Waals surface area contributed by atoms with Gasteiger partial charge in [0.1, 0.15) is 5.82 Å². The molecule has 1 saturated heterocycles. The highest BCUT2D eigenvalue weighted by atomic mass is 16.3. The van der Waals surface area contributed by atoms with Crippen LogP contribution < -0.4 is 0 Å². The van der Waals surface area contributed by atoms with Gasteiger partial charge in [0, 0.05) is 30.8 Å². The van der Waals surface area contributed by atoms with Gasteiger partial charge in [0.05, 0.1) is 6.61 Å². The van der Waals surface area contributed by atoms with Gasteiger partial charge in [-0.1, -0.05) is 0 Å². The fourth-order valence-electron chi connectivity index (χ4n) is 3.53. The monoisotopic (exact) mass is 263 g/mol. The first-order chi connectivity index (χ1) is 9.28. The number of aliphatic hydroxyl groups is 1. The predicted molar refractivity (Wildman–Crippen MR) is 75.2 cm³/mol. The molecule has 4 heteroatoms. The van der Waals surface area contributed by atoms with Crippen LogP contribution in [0.1, 0.15) is 43.1 Å². The van der Waals surface area contributed by atoms with E-state index in [1.54, 1.807) is 0 Å². The van der Waals surface area contributed by atoms with Gasteiger partial charge in [-0.05, 0) is 51.7 Å². The highest BCUT2D eigenvalue weighted by Crippen LogP contribution is 2.29. The molecule has 2 aliphatic heterocycles. The normalized spacial score (nSPS) is 25.5. The molecule has 1 aromatic heterocycles. The zero-order valence-corrected chi connectivity index (χ0v) is 11.9. The van der Waals surface area contributed by atoms with Crippen molar-refractivity contribution in [2.24, 2.45) is 5.92 Å². The van der Waals surface area contributed by atoms with E-state index in [9.17, 15) is 5.11 Å². The lowest BCUT2D eigenvalue weighted by Gasteiger charge is -2.29. The summed E-state index contributed by atoms with van der Waals surface area (Å²) in [5.74, 6) is 2.35. The Morgan fingerprint density at radius 2 is 2.05 bits per heavy atom. The number of aliphatic hydroxyl groups excluding tert-OH is 1. The molecule has 0 bridgehead atoms. The topological polar surface area (TPSA) is 41.3 Å². The number of rotatable bonds is 3. The third-order valence-corrected chi connectivity index (χ3v) is 4.85. The molecule has 0 aliphatic carbocycles. The number of hydrogen-bond acceptors (Lipinski definition) is 3. The first kappa shape index (κ1) is 13.1. The predicted octanol–water partition coefficient (Wildman–Crippen LogP) is 1.64. The Kier molecular flexibility index (Phi) is 3.89. The van der Waals surface area contributed by atoms with Crippen molar-refractivity contribution in [3.8, 4) is 0 Å². The standard InChI is InChI=1S/C15H25N3O/c1-17-7-4-12(5-8-17)9-15-16-10-14-13(11-19)3-2-6-18(14)15/h10,12-13,19H,2-9,11H2,1H3. The Morgan fingerprint density at radius 1 is 1.26 bits per heavy atom. The summed E-state index contributed by atoms with van der Waals surface area (Å²) in [6.45, 7) is 3.79. The van der Waals surface area contributed by atoms with Crippen molar-refractivity contribution in [3.05, 3.63) is 17.7 Å². The SMILES string of the molecule is CN1CCC(Cc2ncc3n2CCCC3CO)CC1. The van der Waals surface area contributed by atoms with Gasteiger partial charge in [0.25, 0.3) is 0 Å². The van der Waals surface area contributed by atoms with E-state index in [4.69, 9.17) is 0 Å². The molecule has 2 aliphatic rings. The molecule has 106 valence electrons. The maximum absolute atomic E-state index is 9.45. The molecule has 3 heterocycles. The third-order valence-electron chi connectivity index (χ3n) is 4.85. The maximum atomic E-state index is 9.45. The van der Waals surface area contributed by atoms with Crippen LogP contribution in [-0.2, 0) is 13.0 Å². The number of hydrogen-bond donors (Lipinski definition) is 1. The van der Waals surface area contributed by atoms with E-state index in [0.29, 0.717) is 5.92 Å². The molecule has 1 fully saturated rings. The van der Waals surface area contributed by atoms with E-state index in [-0.39, 0.29) is 6.61 Å². The second kappa shape index (κ2) is 5.63. The van der Waals surface area contributed by atoms with Crippen molar-refractivity contribution >= 4 is 0 Å². The Labute approximate surface area is 115 Å². The summed E-state index contributed by atoms with van der Waals surface area (Å²) >= 11 is 0. The van der Waals surface area contributed by atoms with Crippen LogP contribution in [0.2, 0.25) is 0 Å². The van der Waals surface area contributed by atoms with Crippen LogP contribution in [0, 0.1) is 5.92 Å². The van der Waals surface area contributed by atoms with E-state index in [0.717, 1.165) is 25.3 Å². The smallest absolute Gasteiger partial charge is 0.109 e. The van der Waals surface area contributed by atoms with Crippen molar-refractivity contribution in [1.29, 1.82) is 0 Å². The van der Waals surface area contributed by atoms with Crippen LogP contribution >= 0.6 is 0 Å². The Balaban J connectivity index is 1.70. The van der Waals surface area contributed by atoms with Crippen molar-refractivity contribution in [2.75, 3.05) is 26.7 Å². The molecular weight excluding hydrogens is 238 g/mol. The van der Waals surface area contributed by atoms with Gasteiger partial charge in [-0.2, -0.15) is 0 Å². The molecule has 0 spiro atoms. The molecule has 0 saturated carbocycles. The summed E-state index contributed by atoms with van der Waals surface area (Å²) in [6, 6.07) is 0. The summed E-state index contributed by atoms with van der Waals surface area (Å²) in [5.41, 5.74) is 1.26. The Hall–Kier alpha value is -0.870. The van der Waals surface area contributed by atoms with Gasteiger partial charge in [0.2, 0.25) is 0 Å². The number of aromatic nitrogens is 2. The van der Waals surface area contributed by atoms with Crippen LogP contribution in [0.5, 0.6) is 0 Å². The fraction of sp³-hybridized carbons (Fsp3) is 0.800. The zero-order valence-electron chi connectivity index (χ0n) is 11.9. The average Bonchev–Trinajstić information content (AvgIpc) is 2.84. The molecule has 1 atom stereocenters. The maximum Gasteiger partial charge on any atom is 0.109 e. The van der Waals surface area contributed by atoms with Crippen molar-refractivity contribution < 1.29 is 5.11 Å². The molecule has 0 amide bonds. The number of piperidine rings is 1. The van der Waals surface area contributed by atoms with Crippen LogP contribution in [0.15, 0.2) is 6.20 Å². The summed E-state index contributed by atoms with van der Waals surface area (Å²) in [6.07, 6.45) is 7.99. The van der Waals surface area contributed by atoms with Crippen molar-refractivity contribution in [3.63, 3.8) is 0 Å². The van der Waals surface area contributed by atoms with Gasteiger partial charge in [-0.3, -0.25) is 0 Å². The summed E-state index contributed by atoms with van der Waals surface area (Å²) in [4.78, 5) is 7.06. The largest absolute Gasteiger partial charge is 0.396 e. The highest BCUT2D eigenvalue weighted by molar-refractivity contribution is 5.14. The summed E-state index contributed by atoms with van der Waals surface area (Å²) < 4.78 is 2.38. The number of fused-ring (bicyclic) bond motifs is 1. The third kappa shape index (κ3) is 2.70. The van der Waals surface area contributed by atoms with E-state index >= 15 is 0 Å². The van der Waals surface area contributed by atoms with E-state index < -0.39 is 0 Å². The van der Waals surface area contributed by atoms with Gasteiger partial charge in [0.15, 0.2) is 0 Å². The lowest BCUT2D eigenvalue weighted by molar-refractivity contribution is 0.214. The molecule has 19 heavy (non-hydrogen) atoms. The van der Waals surface area contributed by atoms with Gasteiger partial charge < -0.3 is 14.6 Å².